The highest BCUT2D eigenvalue weighted by Gasteiger charge is 2.17. The van der Waals surface area contributed by atoms with Crippen LogP contribution in [0.5, 0.6) is 0 Å². The van der Waals surface area contributed by atoms with Gasteiger partial charge < -0.3 is 4.90 Å². The number of sulfone groups is 1. The van der Waals surface area contributed by atoms with E-state index in [4.69, 9.17) is 0 Å². The van der Waals surface area contributed by atoms with Gasteiger partial charge in [0, 0.05) is 23.2 Å². The van der Waals surface area contributed by atoms with E-state index in [1.165, 1.54) is 12.1 Å². The van der Waals surface area contributed by atoms with E-state index >= 15 is 0 Å². The highest BCUT2D eigenvalue weighted by atomic mass is 32.2. The van der Waals surface area contributed by atoms with Crippen molar-refractivity contribution in [3.05, 3.63) is 52.2 Å². The molecule has 0 atom stereocenters. The molecule has 0 N–H and O–H groups in total. The van der Waals surface area contributed by atoms with Crippen LogP contribution in [0.1, 0.15) is 22.2 Å². The Balaban J connectivity index is 2.25. The van der Waals surface area contributed by atoms with E-state index in [2.05, 4.69) is 0 Å². The molecule has 0 unspecified atom stereocenters. The second-order valence-corrected chi connectivity index (χ2v) is 7.75. The van der Waals surface area contributed by atoms with Gasteiger partial charge in [0.1, 0.15) is 0 Å². The summed E-state index contributed by atoms with van der Waals surface area (Å²) >= 11 is 1.60. The van der Waals surface area contributed by atoms with E-state index in [0.717, 1.165) is 11.1 Å². The molecule has 0 saturated heterocycles. The third-order valence-electron chi connectivity index (χ3n) is 3.10. The molecule has 1 heterocycles. The van der Waals surface area contributed by atoms with Crippen molar-refractivity contribution >= 4 is 27.1 Å². The van der Waals surface area contributed by atoms with Gasteiger partial charge in [-0.15, -0.1) is 11.3 Å². The predicted octanol–water partition coefficient (Wildman–Crippen LogP) is 2.81. The molecule has 6 heteroatoms. The number of amides is 1. The molecule has 21 heavy (non-hydrogen) atoms. The minimum atomic E-state index is -3.31. The van der Waals surface area contributed by atoms with Gasteiger partial charge in [0.15, 0.2) is 9.84 Å². The zero-order chi connectivity index (χ0) is 15.5. The lowest BCUT2D eigenvalue weighted by atomic mass is 10.2. The van der Waals surface area contributed by atoms with Crippen molar-refractivity contribution in [1.82, 2.24) is 4.90 Å². The van der Waals surface area contributed by atoms with Crippen molar-refractivity contribution in [2.45, 2.75) is 18.4 Å². The van der Waals surface area contributed by atoms with Crippen LogP contribution in [0.2, 0.25) is 0 Å². The lowest BCUT2D eigenvalue weighted by molar-refractivity contribution is 0.0754. The molecule has 1 amide bonds. The Morgan fingerprint density at radius 1 is 1.24 bits per heavy atom. The average molecular weight is 323 g/mol. The molecule has 1 aromatic heterocycles. The molecular weight excluding hydrogens is 306 g/mol. The molecule has 0 fully saturated rings. The minimum absolute atomic E-state index is 0.156. The van der Waals surface area contributed by atoms with Gasteiger partial charge in [-0.25, -0.2) is 8.42 Å². The van der Waals surface area contributed by atoms with E-state index in [1.54, 1.807) is 28.4 Å². The van der Waals surface area contributed by atoms with Gasteiger partial charge in [-0.2, -0.15) is 0 Å². The van der Waals surface area contributed by atoms with Crippen LogP contribution in [0.4, 0.5) is 0 Å². The van der Waals surface area contributed by atoms with Crippen molar-refractivity contribution in [1.29, 1.82) is 0 Å². The molecule has 0 aliphatic heterocycles. The first-order valence-electron chi connectivity index (χ1n) is 6.53. The lowest BCUT2D eigenvalue weighted by Gasteiger charge is -2.20. The number of benzene rings is 1. The van der Waals surface area contributed by atoms with Crippen LogP contribution in [0.15, 0.2) is 46.7 Å². The van der Waals surface area contributed by atoms with Crippen LogP contribution in [-0.2, 0) is 16.4 Å². The van der Waals surface area contributed by atoms with E-state index < -0.39 is 9.84 Å². The Hall–Kier alpha value is -1.66. The number of thiophene rings is 1. The normalized spacial score (nSPS) is 11.3. The Labute approximate surface area is 129 Å². The van der Waals surface area contributed by atoms with Gasteiger partial charge in [-0.3, -0.25) is 4.79 Å². The summed E-state index contributed by atoms with van der Waals surface area (Å²) in [6.07, 6.45) is 1.14. The van der Waals surface area contributed by atoms with Gasteiger partial charge in [0.2, 0.25) is 0 Å². The third kappa shape index (κ3) is 3.92. The molecule has 0 aliphatic carbocycles. The minimum Gasteiger partial charge on any atom is -0.334 e. The first-order chi connectivity index (χ1) is 9.91. The van der Waals surface area contributed by atoms with Gasteiger partial charge in [0.25, 0.3) is 5.91 Å². The summed E-state index contributed by atoms with van der Waals surface area (Å²) in [5.74, 6) is -0.156. The number of carbonyl (C=O) groups excluding carboxylic acids is 1. The van der Waals surface area contributed by atoms with Crippen LogP contribution < -0.4 is 0 Å². The Morgan fingerprint density at radius 3 is 2.57 bits per heavy atom. The average Bonchev–Trinajstić information content (AvgIpc) is 2.96. The highest BCUT2D eigenvalue weighted by Crippen LogP contribution is 2.16. The van der Waals surface area contributed by atoms with Crippen LogP contribution >= 0.6 is 11.3 Å². The smallest absolute Gasteiger partial charge is 0.254 e. The largest absolute Gasteiger partial charge is 0.334 e. The maximum absolute atomic E-state index is 12.5. The first kappa shape index (κ1) is 15.7. The van der Waals surface area contributed by atoms with Gasteiger partial charge in [-0.1, -0.05) is 12.1 Å². The van der Waals surface area contributed by atoms with Crippen molar-refractivity contribution < 1.29 is 13.2 Å². The molecule has 0 spiro atoms. The quantitative estimate of drug-likeness (QED) is 0.850. The monoisotopic (exact) mass is 323 g/mol. The summed E-state index contributed by atoms with van der Waals surface area (Å²) in [6.45, 7) is 3.02. The molecule has 112 valence electrons. The van der Waals surface area contributed by atoms with Crippen molar-refractivity contribution in [2.24, 2.45) is 0 Å². The zero-order valence-corrected chi connectivity index (χ0v) is 13.6. The fourth-order valence-electron chi connectivity index (χ4n) is 1.96. The fourth-order valence-corrected chi connectivity index (χ4v) is 3.35. The van der Waals surface area contributed by atoms with E-state index in [9.17, 15) is 13.2 Å². The molecule has 2 aromatic rings. The summed E-state index contributed by atoms with van der Waals surface area (Å²) in [5, 5.41) is 1.97. The van der Waals surface area contributed by atoms with E-state index in [1.807, 2.05) is 24.4 Å². The second kappa shape index (κ2) is 6.41. The van der Waals surface area contributed by atoms with E-state index in [0.29, 0.717) is 18.7 Å². The molecule has 1 aromatic carbocycles. The van der Waals surface area contributed by atoms with Gasteiger partial charge in [0.05, 0.1) is 11.4 Å². The summed E-state index contributed by atoms with van der Waals surface area (Å²) in [5.41, 5.74) is 0.399. The second-order valence-electron chi connectivity index (χ2n) is 4.70. The van der Waals surface area contributed by atoms with Crippen LogP contribution in [0, 0.1) is 0 Å². The van der Waals surface area contributed by atoms with Gasteiger partial charge in [-0.05, 0) is 36.6 Å². The standard InChI is InChI=1S/C15H17NO3S2/c1-3-16(11-13-7-5-9-20-13)15(17)12-6-4-8-14(10-12)21(2,18)19/h4-10H,3,11H2,1-2H3. The number of hydrogen-bond acceptors (Lipinski definition) is 4. The molecule has 0 bridgehead atoms. The Kier molecular flexibility index (Phi) is 4.80. The lowest BCUT2D eigenvalue weighted by Crippen LogP contribution is -2.30. The predicted molar refractivity (Wildman–Crippen MR) is 84.3 cm³/mol. The number of hydrogen-bond donors (Lipinski definition) is 0. The maximum atomic E-state index is 12.5. The van der Waals surface area contributed by atoms with Crippen molar-refractivity contribution in [3.8, 4) is 0 Å². The molecule has 4 nitrogen and oxygen atoms in total. The third-order valence-corrected chi connectivity index (χ3v) is 5.08. The first-order valence-corrected chi connectivity index (χ1v) is 9.30. The number of nitrogens with zero attached hydrogens (tertiary/aromatic N) is 1. The summed E-state index contributed by atoms with van der Waals surface area (Å²) in [7, 11) is -3.31. The Bertz CT molecular complexity index is 721. The van der Waals surface area contributed by atoms with Crippen molar-refractivity contribution in [2.75, 3.05) is 12.8 Å². The number of rotatable bonds is 5. The molecule has 0 aliphatic rings. The van der Waals surface area contributed by atoms with Crippen LogP contribution in [0.25, 0.3) is 0 Å². The summed E-state index contributed by atoms with van der Waals surface area (Å²) < 4.78 is 23.2. The highest BCUT2D eigenvalue weighted by molar-refractivity contribution is 7.90. The van der Waals surface area contributed by atoms with Gasteiger partial charge >= 0.3 is 0 Å². The molecule has 0 radical (unpaired) electrons. The van der Waals surface area contributed by atoms with Crippen LogP contribution in [0.3, 0.4) is 0 Å². The van der Waals surface area contributed by atoms with Crippen molar-refractivity contribution in [3.63, 3.8) is 0 Å². The SMILES string of the molecule is CCN(Cc1cccs1)C(=O)c1cccc(S(C)(=O)=O)c1. The Morgan fingerprint density at radius 2 is 2.00 bits per heavy atom. The molecular formula is C15H17NO3S2. The van der Waals surface area contributed by atoms with E-state index in [-0.39, 0.29) is 10.8 Å². The number of carbonyl (C=O) groups is 1. The zero-order valence-electron chi connectivity index (χ0n) is 11.9. The molecule has 2 rings (SSSR count). The maximum Gasteiger partial charge on any atom is 0.254 e. The summed E-state index contributed by atoms with van der Waals surface area (Å²) in [6, 6.07) is 10.1. The molecule has 0 saturated carbocycles. The van der Waals surface area contributed by atoms with Crippen LogP contribution in [-0.4, -0.2) is 32.0 Å². The topological polar surface area (TPSA) is 54.5 Å². The fraction of sp³-hybridized carbons (Fsp3) is 0.267. The summed E-state index contributed by atoms with van der Waals surface area (Å²) in [4.78, 5) is 15.5.